The zero-order valence-corrected chi connectivity index (χ0v) is 14.5. The summed E-state index contributed by atoms with van der Waals surface area (Å²) in [6.07, 6.45) is 0.305. The van der Waals surface area contributed by atoms with Gasteiger partial charge >= 0.3 is 5.97 Å². The number of ether oxygens (including phenoxy) is 2. The molecular formula is C13H16BrNO6S. The van der Waals surface area contributed by atoms with Crippen LogP contribution in [0.4, 0.5) is 0 Å². The lowest BCUT2D eigenvalue weighted by molar-refractivity contribution is -0.141. The van der Waals surface area contributed by atoms with E-state index in [1.807, 2.05) is 0 Å². The fourth-order valence-electron chi connectivity index (χ4n) is 2.32. The Balaban J connectivity index is 2.40. The lowest BCUT2D eigenvalue weighted by Gasteiger charge is -2.18. The maximum Gasteiger partial charge on any atom is 0.307 e. The van der Waals surface area contributed by atoms with Gasteiger partial charge in [0.05, 0.1) is 20.1 Å². The summed E-state index contributed by atoms with van der Waals surface area (Å²) < 4.78 is 37.2. The summed E-state index contributed by atoms with van der Waals surface area (Å²) in [7, 11) is -0.936. The number of aliphatic carboxylic acids is 1. The topological polar surface area (TPSA) is 93.1 Å². The van der Waals surface area contributed by atoms with Gasteiger partial charge in [-0.15, -0.1) is 0 Å². The molecule has 1 unspecified atom stereocenters. The van der Waals surface area contributed by atoms with Gasteiger partial charge in [0.2, 0.25) is 10.0 Å². The van der Waals surface area contributed by atoms with Crippen LogP contribution in [0.3, 0.4) is 0 Å². The highest BCUT2D eigenvalue weighted by atomic mass is 79.9. The number of sulfonamides is 1. The maximum absolute atomic E-state index is 12.7. The summed E-state index contributed by atoms with van der Waals surface area (Å²) in [4.78, 5) is 11.0. The molecule has 2 rings (SSSR count). The van der Waals surface area contributed by atoms with Crippen LogP contribution in [0.15, 0.2) is 21.5 Å². The number of nitrogens with zero attached hydrogens (tertiary/aromatic N) is 1. The molecule has 1 aliphatic rings. The number of carboxylic acids is 1. The second-order valence-electron chi connectivity index (χ2n) is 4.82. The molecule has 1 fully saturated rings. The molecule has 1 atom stereocenters. The van der Waals surface area contributed by atoms with Gasteiger partial charge in [-0.1, -0.05) is 0 Å². The van der Waals surface area contributed by atoms with Crippen LogP contribution in [0, 0.1) is 5.92 Å². The van der Waals surface area contributed by atoms with E-state index in [0.29, 0.717) is 22.4 Å². The highest BCUT2D eigenvalue weighted by Gasteiger charge is 2.37. The third-order valence-electron chi connectivity index (χ3n) is 3.56. The zero-order chi connectivity index (χ0) is 16.5. The van der Waals surface area contributed by atoms with Gasteiger partial charge in [-0.3, -0.25) is 4.79 Å². The van der Waals surface area contributed by atoms with Gasteiger partial charge in [0.1, 0.15) is 4.90 Å². The van der Waals surface area contributed by atoms with Gasteiger partial charge < -0.3 is 14.6 Å². The first-order valence-electron chi connectivity index (χ1n) is 6.45. The normalized spacial score (nSPS) is 19.1. The van der Waals surface area contributed by atoms with Crippen LogP contribution < -0.4 is 9.47 Å². The van der Waals surface area contributed by atoms with E-state index in [9.17, 15) is 13.2 Å². The summed E-state index contributed by atoms with van der Waals surface area (Å²) in [5.41, 5.74) is 0. The van der Waals surface area contributed by atoms with E-state index in [1.54, 1.807) is 0 Å². The lowest BCUT2D eigenvalue weighted by atomic mass is 10.1. The van der Waals surface area contributed by atoms with Crippen molar-refractivity contribution >= 4 is 31.9 Å². The Bertz CT molecular complexity index is 690. The smallest absolute Gasteiger partial charge is 0.307 e. The van der Waals surface area contributed by atoms with Crippen molar-refractivity contribution in [1.29, 1.82) is 0 Å². The fraction of sp³-hybridized carbons (Fsp3) is 0.462. The average Bonchev–Trinajstić information content (AvgIpc) is 2.97. The molecule has 0 aliphatic carbocycles. The molecule has 1 N–H and O–H groups in total. The Hall–Kier alpha value is -1.32. The van der Waals surface area contributed by atoms with Crippen LogP contribution in [0.25, 0.3) is 0 Å². The molecule has 9 heteroatoms. The first kappa shape index (κ1) is 17.0. The predicted octanol–water partition coefficient (Wildman–Crippen LogP) is 1.56. The van der Waals surface area contributed by atoms with E-state index in [-0.39, 0.29) is 18.0 Å². The minimum absolute atomic E-state index is 0.0242. The first-order chi connectivity index (χ1) is 10.3. The maximum atomic E-state index is 12.7. The van der Waals surface area contributed by atoms with Crippen LogP contribution in [0.5, 0.6) is 11.5 Å². The summed E-state index contributed by atoms with van der Waals surface area (Å²) in [6, 6.07) is 2.88. The number of carboxylic acid groups (broad SMARTS) is 1. The molecule has 0 radical (unpaired) electrons. The second kappa shape index (κ2) is 6.43. The van der Waals surface area contributed by atoms with Gasteiger partial charge in [-0.05, 0) is 28.4 Å². The van der Waals surface area contributed by atoms with Crippen LogP contribution in [0.1, 0.15) is 6.42 Å². The van der Waals surface area contributed by atoms with Gasteiger partial charge in [-0.25, -0.2) is 8.42 Å². The lowest BCUT2D eigenvalue weighted by Crippen LogP contribution is -2.30. The third-order valence-corrected chi connectivity index (χ3v) is 6.38. The summed E-state index contributed by atoms with van der Waals surface area (Å²) in [6.45, 7) is 0.151. The number of carbonyl (C=O) groups is 1. The van der Waals surface area contributed by atoms with E-state index < -0.39 is 21.9 Å². The van der Waals surface area contributed by atoms with Crippen molar-refractivity contribution in [2.45, 2.75) is 11.3 Å². The highest BCUT2D eigenvalue weighted by Crippen LogP contribution is 2.37. The molecule has 0 aromatic heterocycles. The van der Waals surface area contributed by atoms with Crippen LogP contribution >= 0.6 is 15.9 Å². The SMILES string of the molecule is COc1cc(Br)c(S(=O)(=O)N2CCC(C(=O)O)C2)cc1OC. The Morgan fingerprint density at radius 1 is 1.32 bits per heavy atom. The number of benzene rings is 1. The average molecular weight is 394 g/mol. The molecule has 0 amide bonds. The fourth-order valence-corrected chi connectivity index (χ4v) is 4.82. The number of hydrogen-bond donors (Lipinski definition) is 1. The Labute approximate surface area is 137 Å². The summed E-state index contributed by atoms with van der Waals surface area (Å²) in [5.74, 6) is -0.964. The standard InChI is InChI=1S/C13H16BrNO6S/c1-20-10-5-9(14)12(6-11(10)21-2)22(18,19)15-4-3-8(7-15)13(16)17/h5-6,8H,3-4,7H2,1-2H3,(H,16,17). The van der Waals surface area contributed by atoms with Crippen LogP contribution in [-0.4, -0.2) is 51.1 Å². The van der Waals surface area contributed by atoms with Crippen LogP contribution in [-0.2, 0) is 14.8 Å². The molecule has 122 valence electrons. The quantitative estimate of drug-likeness (QED) is 0.815. The van der Waals surface area contributed by atoms with Gasteiger partial charge in [-0.2, -0.15) is 4.31 Å². The second-order valence-corrected chi connectivity index (χ2v) is 7.59. The molecule has 0 spiro atoms. The molecule has 1 heterocycles. The Morgan fingerprint density at radius 3 is 2.41 bits per heavy atom. The number of rotatable bonds is 5. The zero-order valence-electron chi connectivity index (χ0n) is 12.1. The minimum Gasteiger partial charge on any atom is -0.493 e. The summed E-state index contributed by atoms with van der Waals surface area (Å²) >= 11 is 3.22. The minimum atomic E-state index is -3.81. The highest BCUT2D eigenvalue weighted by molar-refractivity contribution is 9.10. The van der Waals surface area contributed by atoms with E-state index in [1.165, 1.54) is 30.7 Å². The van der Waals surface area contributed by atoms with Gasteiger partial charge in [0.25, 0.3) is 0 Å². The van der Waals surface area contributed by atoms with Gasteiger partial charge in [0.15, 0.2) is 11.5 Å². The predicted molar refractivity (Wildman–Crippen MR) is 81.7 cm³/mol. The number of methoxy groups -OCH3 is 2. The number of halogens is 1. The molecule has 1 aliphatic heterocycles. The van der Waals surface area contributed by atoms with Crippen molar-refractivity contribution < 1.29 is 27.8 Å². The van der Waals surface area contributed by atoms with Crippen molar-refractivity contribution in [1.82, 2.24) is 4.31 Å². The van der Waals surface area contributed by atoms with Crippen molar-refractivity contribution in [2.75, 3.05) is 27.3 Å². The van der Waals surface area contributed by atoms with E-state index in [2.05, 4.69) is 15.9 Å². The monoisotopic (exact) mass is 393 g/mol. The van der Waals surface area contributed by atoms with E-state index in [4.69, 9.17) is 14.6 Å². The van der Waals surface area contributed by atoms with E-state index >= 15 is 0 Å². The van der Waals surface area contributed by atoms with Crippen LogP contribution in [0.2, 0.25) is 0 Å². The molecule has 7 nitrogen and oxygen atoms in total. The Kier molecular flexibility index (Phi) is 4.98. The molecular weight excluding hydrogens is 378 g/mol. The molecule has 0 saturated carbocycles. The summed E-state index contributed by atoms with van der Waals surface area (Å²) in [5, 5.41) is 9.01. The first-order valence-corrected chi connectivity index (χ1v) is 8.69. The number of hydrogen-bond acceptors (Lipinski definition) is 5. The largest absolute Gasteiger partial charge is 0.493 e. The third kappa shape index (κ3) is 3.06. The van der Waals surface area contributed by atoms with Gasteiger partial charge in [0, 0.05) is 23.6 Å². The van der Waals surface area contributed by atoms with Crippen molar-refractivity contribution in [3.63, 3.8) is 0 Å². The molecule has 1 saturated heterocycles. The molecule has 1 aromatic carbocycles. The van der Waals surface area contributed by atoms with E-state index in [0.717, 1.165) is 0 Å². The van der Waals surface area contributed by atoms with Crippen molar-refractivity contribution in [2.24, 2.45) is 5.92 Å². The Morgan fingerprint density at radius 2 is 1.91 bits per heavy atom. The molecule has 22 heavy (non-hydrogen) atoms. The van der Waals surface area contributed by atoms with Crippen molar-refractivity contribution in [3.05, 3.63) is 16.6 Å². The molecule has 1 aromatic rings. The van der Waals surface area contributed by atoms with Crippen molar-refractivity contribution in [3.8, 4) is 11.5 Å². The molecule has 0 bridgehead atoms.